The van der Waals surface area contributed by atoms with Gasteiger partial charge in [0, 0.05) is 19.1 Å². The number of furan rings is 1. The molecule has 1 aliphatic rings. The summed E-state index contributed by atoms with van der Waals surface area (Å²) in [6.45, 7) is 1.33. The predicted molar refractivity (Wildman–Crippen MR) is 105 cm³/mol. The van der Waals surface area contributed by atoms with E-state index in [9.17, 15) is 4.79 Å². The maximum absolute atomic E-state index is 12.5. The molecule has 3 heterocycles. The number of nitrogens with zero attached hydrogens (tertiary/aromatic N) is 2. The third kappa shape index (κ3) is 3.98. The smallest absolute Gasteiger partial charge is 0.289 e. The molecule has 1 unspecified atom stereocenters. The summed E-state index contributed by atoms with van der Waals surface area (Å²) in [7, 11) is 0. The van der Waals surface area contributed by atoms with Gasteiger partial charge in [0.1, 0.15) is 0 Å². The van der Waals surface area contributed by atoms with Gasteiger partial charge >= 0.3 is 0 Å². The van der Waals surface area contributed by atoms with Crippen molar-refractivity contribution in [1.29, 1.82) is 0 Å². The molecule has 8 heteroatoms. The summed E-state index contributed by atoms with van der Waals surface area (Å²) in [4.78, 5) is 18.9. The molecule has 1 saturated heterocycles. The van der Waals surface area contributed by atoms with Gasteiger partial charge in [-0.1, -0.05) is 12.1 Å². The first-order chi connectivity index (χ1) is 11.2. The van der Waals surface area contributed by atoms with Gasteiger partial charge in [0.05, 0.1) is 10.2 Å². The number of rotatable bonds is 2. The van der Waals surface area contributed by atoms with E-state index in [1.165, 1.54) is 0 Å². The molecule has 5 nitrogen and oxygen atoms in total. The fraction of sp³-hybridized carbons (Fsp3) is 0.294. The van der Waals surface area contributed by atoms with Crippen LogP contribution >= 0.6 is 36.2 Å². The third-order valence-electron chi connectivity index (χ3n) is 4.07. The van der Waals surface area contributed by atoms with E-state index in [-0.39, 0.29) is 36.8 Å². The Hall–Kier alpha value is -1.60. The molecule has 0 saturated carbocycles. The lowest BCUT2D eigenvalue weighted by Gasteiger charge is -2.29. The van der Waals surface area contributed by atoms with Crippen LogP contribution in [-0.2, 0) is 0 Å². The van der Waals surface area contributed by atoms with Gasteiger partial charge in [-0.3, -0.25) is 4.79 Å². The number of carbonyl (C=O) groups excluding carboxylic acids is 1. The molecule has 1 fully saturated rings. The number of aromatic nitrogens is 1. The number of piperidine rings is 1. The number of nitrogens with two attached hydrogens (primary N) is 1. The van der Waals surface area contributed by atoms with Crippen molar-refractivity contribution in [2.24, 2.45) is 5.73 Å². The molecule has 1 amide bonds. The SMILES string of the molecule is Cl.Cl.NC1CCCN(C(=O)c2ccc(-c3nc4ccccc4s3)o2)C1. The van der Waals surface area contributed by atoms with Crippen molar-refractivity contribution < 1.29 is 9.21 Å². The molecular formula is C17H19Cl2N3O2S. The van der Waals surface area contributed by atoms with Gasteiger partial charge in [0.15, 0.2) is 16.5 Å². The minimum absolute atomic E-state index is 0. The van der Waals surface area contributed by atoms with Crippen molar-refractivity contribution in [3.8, 4) is 10.8 Å². The average Bonchev–Trinajstić information content (AvgIpc) is 3.20. The summed E-state index contributed by atoms with van der Waals surface area (Å²) in [6.07, 6.45) is 1.91. The number of para-hydroxylation sites is 1. The largest absolute Gasteiger partial charge is 0.448 e. The highest BCUT2D eigenvalue weighted by molar-refractivity contribution is 7.21. The number of amides is 1. The van der Waals surface area contributed by atoms with Gasteiger partial charge in [-0.15, -0.1) is 36.2 Å². The van der Waals surface area contributed by atoms with Gasteiger partial charge in [0.25, 0.3) is 5.91 Å². The Bertz CT molecular complexity index is 831. The molecule has 134 valence electrons. The number of likely N-dealkylation sites (tertiary alicyclic amines) is 1. The van der Waals surface area contributed by atoms with Crippen LogP contribution in [-0.4, -0.2) is 34.9 Å². The van der Waals surface area contributed by atoms with Crippen LogP contribution in [0.3, 0.4) is 0 Å². The number of carbonyl (C=O) groups is 1. The second kappa shape index (κ2) is 8.19. The maximum Gasteiger partial charge on any atom is 0.289 e. The summed E-state index contributed by atoms with van der Waals surface area (Å²) >= 11 is 1.56. The summed E-state index contributed by atoms with van der Waals surface area (Å²) in [5.41, 5.74) is 6.89. The Labute approximate surface area is 162 Å². The lowest BCUT2D eigenvalue weighted by molar-refractivity contribution is 0.0677. The van der Waals surface area contributed by atoms with Crippen LogP contribution in [0.5, 0.6) is 0 Å². The number of thiazole rings is 1. The second-order valence-electron chi connectivity index (χ2n) is 5.80. The first kappa shape index (κ1) is 19.7. The Kier molecular flexibility index (Phi) is 6.46. The predicted octanol–water partition coefficient (Wildman–Crippen LogP) is 3.96. The summed E-state index contributed by atoms with van der Waals surface area (Å²) in [5, 5.41) is 0.792. The molecule has 2 N–H and O–H groups in total. The highest BCUT2D eigenvalue weighted by atomic mass is 35.5. The van der Waals surface area contributed by atoms with Gasteiger partial charge in [-0.05, 0) is 37.1 Å². The molecule has 1 aromatic carbocycles. The van der Waals surface area contributed by atoms with Gasteiger partial charge in [-0.2, -0.15) is 0 Å². The second-order valence-corrected chi connectivity index (χ2v) is 6.83. The van der Waals surface area contributed by atoms with E-state index in [2.05, 4.69) is 4.98 Å². The minimum atomic E-state index is -0.0903. The number of hydrogen-bond donors (Lipinski definition) is 1. The molecule has 4 rings (SSSR count). The van der Waals surface area contributed by atoms with Crippen LogP contribution < -0.4 is 5.73 Å². The molecule has 0 bridgehead atoms. The van der Waals surface area contributed by atoms with Crippen LogP contribution in [0.25, 0.3) is 21.0 Å². The van der Waals surface area contributed by atoms with Crippen LogP contribution in [0, 0.1) is 0 Å². The fourth-order valence-corrected chi connectivity index (χ4v) is 3.82. The lowest BCUT2D eigenvalue weighted by Crippen LogP contribution is -2.45. The first-order valence-electron chi connectivity index (χ1n) is 7.71. The normalized spacial score (nSPS) is 17.0. The Balaban J connectivity index is 0.00000113. The van der Waals surface area contributed by atoms with E-state index in [1.54, 1.807) is 22.3 Å². The van der Waals surface area contributed by atoms with Crippen molar-refractivity contribution >= 4 is 52.3 Å². The highest BCUT2D eigenvalue weighted by Gasteiger charge is 2.25. The average molecular weight is 400 g/mol. The molecule has 0 spiro atoms. The van der Waals surface area contributed by atoms with Crippen LogP contribution in [0.1, 0.15) is 23.4 Å². The lowest BCUT2D eigenvalue weighted by atomic mass is 10.1. The van der Waals surface area contributed by atoms with E-state index in [4.69, 9.17) is 10.2 Å². The number of halogens is 2. The summed E-state index contributed by atoms with van der Waals surface area (Å²) < 4.78 is 6.87. The minimum Gasteiger partial charge on any atom is -0.448 e. The van der Waals surface area contributed by atoms with Crippen LogP contribution in [0.4, 0.5) is 0 Å². The van der Waals surface area contributed by atoms with Crippen molar-refractivity contribution in [1.82, 2.24) is 9.88 Å². The monoisotopic (exact) mass is 399 g/mol. The van der Waals surface area contributed by atoms with Crippen LogP contribution in [0.2, 0.25) is 0 Å². The zero-order chi connectivity index (χ0) is 15.8. The highest BCUT2D eigenvalue weighted by Crippen LogP contribution is 2.31. The van der Waals surface area contributed by atoms with E-state index in [0.717, 1.165) is 34.6 Å². The van der Waals surface area contributed by atoms with Crippen molar-refractivity contribution in [3.63, 3.8) is 0 Å². The van der Waals surface area contributed by atoms with E-state index >= 15 is 0 Å². The molecular weight excluding hydrogens is 381 g/mol. The quantitative estimate of drug-likeness (QED) is 0.707. The van der Waals surface area contributed by atoms with Crippen molar-refractivity contribution in [2.45, 2.75) is 18.9 Å². The first-order valence-corrected chi connectivity index (χ1v) is 8.53. The Morgan fingerprint density at radius 3 is 2.80 bits per heavy atom. The van der Waals surface area contributed by atoms with Crippen molar-refractivity contribution in [2.75, 3.05) is 13.1 Å². The zero-order valence-corrected chi connectivity index (χ0v) is 15.8. The molecule has 1 aliphatic heterocycles. The number of benzene rings is 1. The Morgan fingerprint density at radius 1 is 1.24 bits per heavy atom. The summed E-state index contributed by atoms with van der Waals surface area (Å²) in [5.74, 6) is 0.900. The number of hydrogen-bond acceptors (Lipinski definition) is 5. The van der Waals surface area contributed by atoms with Crippen LogP contribution in [0.15, 0.2) is 40.8 Å². The molecule has 2 aromatic heterocycles. The van der Waals surface area contributed by atoms with E-state index in [1.807, 2.05) is 30.3 Å². The summed E-state index contributed by atoms with van der Waals surface area (Å²) in [6, 6.07) is 11.5. The number of fused-ring (bicyclic) bond motifs is 1. The van der Waals surface area contributed by atoms with Gasteiger partial charge in [-0.25, -0.2) is 4.98 Å². The Morgan fingerprint density at radius 2 is 2.04 bits per heavy atom. The molecule has 25 heavy (non-hydrogen) atoms. The fourth-order valence-electron chi connectivity index (χ4n) is 2.90. The molecule has 1 atom stereocenters. The third-order valence-corrected chi connectivity index (χ3v) is 5.12. The topological polar surface area (TPSA) is 72.4 Å². The maximum atomic E-state index is 12.5. The van der Waals surface area contributed by atoms with Crippen molar-refractivity contribution in [3.05, 3.63) is 42.2 Å². The molecule has 3 aromatic rings. The molecule has 0 radical (unpaired) electrons. The van der Waals surface area contributed by atoms with E-state index in [0.29, 0.717) is 18.1 Å². The van der Waals surface area contributed by atoms with E-state index < -0.39 is 0 Å². The van der Waals surface area contributed by atoms with Gasteiger partial charge in [0.2, 0.25) is 0 Å². The zero-order valence-electron chi connectivity index (χ0n) is 13.4. The molecule has 0 aliphatic carbocycles. The van der Waals surface area contributed by atoms with Gasteiger partial charge < -0.3 is 15.1 Å². The standard InChI is InChI=1S/C17H17N3O2S.2ClH/c18-11-4-3-9-20(10-11)17(21)14-8-7-13(22-14)16-19-12-5-1-2-6-15(12)23-16;;/h1-2,5-8,11H,3-4,9-10,18H2;2*1H.